The highest BCUT2D eigenvalue weighted by Gasteiger charge is 2.20. The molecule has 0 spiro atoms. The molecule has 1 rings (SSSR count). The monoisotopic (exact) mass is 244 g/mol. The van der Waals surface area contributed by atoms with Gasteiger partial charge in [-0.3, -0.25) is 0 Å². The second-order valence-corrected chi connectivity index (χ2v) is 5.01. The van der Waals surface area contributed by atoms with E-state index in [1.165, 1.54) is 25.9 Å². The van der Waals surface area contributed by atoms with Crippen LogP contribution in [0.15, 0.2) is 0 Å². The standard InChI is InChI=1S/C13H28N2O2/c1-12(17-3)10-15-7-4-5-13(11-15)9-14-6-8-16-2/h12-14H,4-11H2,1-3H3. The van der Waals surface area contributed by atoms with Crippen molar-refractivity contribution in [2.75, 3.05) is 53.6 Å². The molecule has 0 aromatic rings. The highest BCUT2D eigenvalue weighted by Crippen LogP contribution is 2.16. The van der Waals surface area contributed by atoms with Gasteiger partial charge in [-0.1, -0.05) is 0 Å². The van der Waals surface area contributed by atoms with Crippen LogP contribution in [0, 0.1) is 5.92 Å². The van der Waals surface area contributed by atoms with Gasteiger partial charge in [-0.2, -0.15) is 0 Å². The average Bonchev–Trinajstić information content (AvgIpc) is 2.35. The van der Waals surface area contributed by atoms with Gasteiger partial charge in [0.2, 0.25) is 0 Å². The van der Waals surface area contributed by atoms with Crippen molar-refractivity contribution < 1.29 is 9.47 Å². The highest BCUT2D eigenvalue weighted by atomic mass is 16.5. The molecule has 4 heteroatoms. The Morgan fingerprint density at radius 1 is 1.41 bits per heavy atom. The molecule has 102 valence electrons. The predicted octanol–water partition coefficient (Wildman–Crippen LogP) is 0.969. The summed E-state index contributed by atoms with van der Waals surface area (Å²) in [7, 11) is 3.54. The Morgan fingerprint density at radius 2 is 2.24 bits per heavy atom. The lowest BCUT2D eigenvalue weighted by molar-refractivity contribution is 0.0590. The minimum atomic E-state index is 0.343. The Balaban J connectivity index is 2.14. The van der Waals surface area contributed by atoms with E-state index in [4.69, 9.17) is 9.47 Å². The van der Waals surface area contributed by atoms with E-state index in [2.05, 4.69) is 17.1 Å². The lowest BCUT2D eigenvalue weighted by Gasteiger charge is -2.34. The smallest absolute Gasteiger partial charge is 0.0670 e. The summed E-state index contributed by atoms with van der Waals surface area (Å²) < 4.78 is 10.4. The third-order valence-corrected chi connectivity index (χ3v) is 3.44. The molecule has 0 aliphatic carbocycles. The van der Waals surface area contributed by atoms with Gasteiger partial charge in [0.25, 0.3) is 0 Å². The van der Waals surface area contributed by atoms with Crippen molar-refractivity contribution in [1.82, 2.24) is 10.2 Å². The molecule has 17 heavy (non-hydrogen) atoms. The van der Waals surface area contributed by atoms with E-state index < -0.39 is 0 Å². The fraction of sp³-hybridized carbons (Fsp3) is 1.00. The molecule has 1 heterocycles. The van der Waals surface area contributed by atoms with Crippen LogP contribution >= 0.6 is 0 Å². The van der Waals surface area contributed by atoms with Gasteiger partial charge in [0.1, 0.15) is 0 Å². The zero-order chi connectivity index (χ0) is 12.5. The Labute approximate surface area is 106 Å². The minimum absolute atomic E-state index is 0.343. The molecule has 0 aromatic carbocycles. The minimum Gasteiger partial charge on any atom is -0.383 e. The van der Waals surface area contributed by atoms with E-state index in [9.17, 15) is 0 Å². The number of hydrogen-bond acceptors (Lipinski definition) is 4. The molecular weight excluding hydrogens is 216 g/mol. The van der Waals surface area contributed by atoms with Gasteiger partial charge >= 0.3 is 0 Å². The molecule has 1 aliphatic heterocycles. The van der Waals surface area contributed by atoms with Gasteiger partial charge in [0.15, 0.2) is 0 Å². The van der Waals surface area contributed by atoms with E-state index in [1.807, 2.05) is 0 Å². The molecule has 1 N–H and O–H groups in total. The predicted molar refractivity (Wildman–Crippen MR) is 70.4 cm³/mol. The van der Waals surface area contributed by atoms with Gasteiger partial charge in [0.05, 0.1) is 12.7 Å². The maximum absolute atomic E-state index is 5.33. The summed E-state index contributed by atoms with van der Waals surface area (Å²) in [6.07, 6.45) is 3.00. The average molecular weight is 244 g/mol. The number of nitrogens with zero attached hydrogens (tertiary/aromatic N) is 1. The fourth-order valence-electron chi connectivity index (χ4n) is 2.40. The van der Waals surface area contributed by atoms with Gasteiger partial charge in [-0.25, -0.2) is 0 Å². The van der Waals surface area contributed by atoms with E-state index in [-0.39, 0.29) is 0 Å². The topological polar surface area (TPSA) is 33.7 Å². The molecule has 0 aromatic heterocycles. The van der Waals surface area contributed by atoms with Crippen LogP contribution in [-0.2, 0) is 9.47 Å². The zero-order valence-electron chi connectivity index (χ0n) is 11.6. The molecule has 2 unspecified atom stereocenters. The van der Waals surface area contributed by atoms with Crippen LogP contribution in [0.3, 0.4) is 0 Å². The number of piperidine rings is 1. The molecular formula is C13H28N2O2. The van der Waals surface area contributed by atoms with Crippen LogP contribution in [-0.4, -0.2) is 64.6 Å². The quantitative estimate of drug-likeness (QED) is 0.645. The van der Waals surface area contributed by atoms with Gasteiger partial charge in [0, 0.05) is 33.9 Å². The normalized spacial score (nSPS) is 23.8. The second kappa shape index (κ2) is 8.86. The van der Waals surface area contributed by atoms with Crippen LogP contribution in [0.4, 0.5) is 0 Å². The molecule has 0 saturated carbocycles. The van der Waals surface area contributed by atoms with Crippen molar-refractivity contribution in [1.29, 1.82) is 0 Å². The molecule has 0 radical (unpaired) electrons. The second-order valence-electron chi connectivity index (χ2n) is 5.01. The Hall–Kier alpha value is -0.160. The first-order valence-electron chi connectivity index (χ1n) is 6.71. The summed E-state index contributed by atoms with van der Waals surface area (Å²) in [5.41, 5.74) is 0. The van der Waals surface area contributed by atoms with Crippen LogP contribution < -0.4 is 5.32 Å². The molecule has 1 fully saturated rings. The van der Waals surface area contributed by atoms with E-state index in [0.29, 0.717) is 6.10 Å². The fourth-order valence-corrected chi connectivity index (χ4v) is 2.40. The van der Waals surface area contributed by atoms with Crippen LogP contribution in [0.25, 0.3) is 0 Å². The summed E-state index contributed by atoms with van der Waals surface area (Å²) in [6.45, 7) is 8.50. The maximum Gasteiger partial charge on any atom is 0.0670 e. The summed E-state index contributed by atoms with van der Waals surface area (Å²) in [5, 5.41) is 3.46. The SMILES string of the molecule is COCCNCC1CCCN(CC(C)OC)C1. The first-order valence-corrected chi connectivity index (χ1v) is 6.71. The Morgan fingerprint density at radius 3 is 2.94 bits per heavy atom. The number of methoxy groups -OCH3 is 2. The number of likely N-dealkylation sites (tertiary alicyclic amines) is 1. The van der Waals surface area contributed by atoms with Crippen molar-refractivity contribution in [2.45, 2.75) is 25.9 Å². The Kier molecular flexibility index (Phi) is 7.77. The maximum atomic E-state index is 5.33. The molecule has 0 bridgehead atoms. The van der Waals surface area contributed by atoms with Crippen molar-refractivity contribution >= 4 is 0 Å². The number of rotatable bonds is 8. The third kappa shape index (κ3) is 6.36. The summed E-state index contributed by atoms with van der Waals surface area (Å²) in [6, 6.07) is 0. The summed E-state index contributed by atoms with van der Waals surface area (Å²) in [5.74, 6) is 0.782. The van der Waals surface area contributed by atoms with Crippen LogP contribution in [0.5, 0.6) is 0 Å². The lowest BCUT2D eigenvalue weighted by Crippen LogP contribution is -2.43. The summed E-state index contributed by atoms with van der Waals surface area (Å²) >= 11 is 0. The van der Waals surface area contributed by atoms with Crippen LogP contribution in [0.1, 0.15) is 19.8 Å². The first-order chi connectivity index (χ1) is 8.26. The van der Waals surface area contributed by atoms with Gasteiger partial charge in [-0.05, 0) is 38.8 Å². The lowest BCUT2D eigenvalue weighted by atomic mass is 9.98. The zero-order valence-corrected chi connectivity index (χ0v) is 11.6. The molecule has 2 atom stereocenters. The van der Waals surface area contributed by atoms with E-state index >= 15 is 0 Å². The Bertz CT molecular complexity index is 190. The third-order valence-electron chi connectivity index (χ3n) is 3.44. The van der Waals surface area contributed by atoms with E-state index in [1.54, 1.807) is 14.2 Å². The van der Waals surface area contributed by atoms with Crippen molar-refractivity contribution in [3.05, 3.63) is 0 Å². The highest BCUT2D eigenvalue weighted by molar-refractivity contribution is 4.75. The van der Waals surface area contributed by atoms with Gasteiger partial charge < -0.3 is 19.7 Å². The molecule has 1 saturated heterocycles. The number of hydrogen-bond donors (Lipinski definition) is 1. The van der Waals surface area contributed by atoms with Crippen molar-refractivity contribution in [3.8, 4) is 0 Å². The number of ether oxygens (including phenoxy) is 2. The van der Waals surface area contributed by atoms with Crippen molar-refractivity contribution in [3.63, 3.8) is 0 Å². The van der Waals surface area contributed by atoms with E-state index in [0.717, 1.165) is 32.2 Å². The molecule has 4 nitrogen and oxygen atoms in total. The summed E-state index contributed by atoms with van der Waals surface area (Å²) in [4.78, 5) is 2.53. The molecule has 0 amide bonds. The number of nitrogens with one attached hydrogen (secondary N) is 1. The van der Waals surface area contributed by atoms with Crippen molar-refractivity contribution in [2.24, 2.45) is 5.92 Å². The van der Waals surface area contributed by atoms with Gasteiger partial charge in [-0.15, -0.1) is 0 Å². The largest absolute Gasteiger partial charge is 0.383 e. The van der Waals surface area contributed by atoms with Crippen LogP contribution in [0.2, 0.25) is 0 Å². The molecule has 1 aliphatic rings. The first kappa shape index (κ1) is 14.9.